The molecule has 0 saturated carbocycles. The molecule has 1 amide bonds. The first-order valence-corrected chi connectivity index (χ1v) is 10.6. The number of benzene rings is 1. The highest BCUT2D eigenvalue weighted by molar-refractivity contribution is 5.97. The lowest BCUT2D eigenvalue weighted by molar-refractivity contribution is -0.121. The minimum atomic E-state index is 0.0101. The van der Waals surface area contributed by atoms with Crippen LogP contribution in [0.3, 0.4) is 0 Å². The largest absolute Gasteiger partial charge is 0.482 e. The molecule has 1 aromatic carbocycles. The Morgan fingerprint density at radius 1 is 1.37 bits per heavy atom. The molecule has 8 heteroatoms. The van der Waals surface area contributed by atoms with Crippen LogP contribution in [0.5, 0.6) is 5.75 Å². The summed E-state index contributed by atoms with van der Waals surface area (Å²) in [6.45, 7) is 3.55. The van der Waals surface area contributed by atoms with Crippen molar-refractivity contribution in [1.29, 1.82) is 0 Å². The zero-order valence-electron chi connectivity index (χ0n) is 17.8. The van der Waals surface area contributed by atoms with Gasteiger partial charge in [0.25, 0.3) is 5.91 Å². The summed E-state index contributed by atoms with van der Waals surface area (Å²) in [4.78, 5) is 20.9. The van der Waals surface area contributed by atoms with E-state index in [0.717, 1.165) is 56.3 Å². The van der Waals surface area contributed by atoms with Gasteiger partial charge < -0.3 is 19.9 Å². The fourth-order valence-corrected chi connectivity index (χ4v) is 4.27. The number of para-hydroxylation sites is 2. The van der Waals surface area contributed by atoms with Gasteiger partial charge in [-0.1, -0.05) is 12.1 Å². The number of carbonyl (C=O) groups excluding carboxylic acids is 1. The SMILES string of the molecule is CN=C(NCCCN1C(=O)COc2ccccc21)N1CCC(Cc2cnn(C)c2)C1. The topological polar surface area (TPSA) is 75.0 Å². The monoisotopic (exact) mass is 410 g/mol. The summed E-state index contributed by atoms with van der Waals surface area (Å²) >= 11 is 0. The van der Waals surface area contributed by atoms with E-state index in [9.17, 15) is 4.79 Å². The fraction of sp³-hybridized carbons (Fsp3) is 0.500. The molecule has 2 aliphatic rings. The summed E-state index contributed by atoms with van der Waals surface area (Å²) in [5, 5.41) is 7.74. The number of rotatable bonds is 6. The van der Waals surface area contributed by atoms with Crippen molar-refractivity contribution in [2.24, 2.45) is 18.0 Å². The van der Waals surface area contributed by atoms with Crippen molar-refractivity contribution < 1.29 is 9.53 Å². The number of hydrogen-bond acceptors (Lipinski definition) is 4. The number of amides is 1. The lowest BCUT2D eigenvalue weighted by Gasteiger charge is -2.29. The summed E-state index contributed by atoms with van der Waals surface area (Å²) in [6, 6.07) is 7.70. The second-order valence-electron chi connectivity index (χ2n) is 7.96. The van der Waals surface area contributed by atoms with Gasteiger partial charge >= 0.3 is 0 Å². The van der Waals surface area contributed by atoms with Gasteiger partial charge in [0, 0.05) is 46.5 Å². The highest BCUT2D eigenvalue weighted by Crippen LogP contribution is 2.31. The summed E-state index contributed by atoms with van der Waals surface area (Å²) in [7, 11) is 3.79. The molecule has 30 heavy (non-hydrogen) atoms. The Bertz CT molecular complexity index is 909. The third kappa shape index (κ3) is 4.58. The molecule has 160 valence electrons. The van der Waals surface area contributed by atoms with Gasteiger partial charge in [0.1, 0.15) is 5.75 Å². The average molecular weight is 411 g/mol. The van der Waals surface area contributed by atoms with Gasteiger partial charge in [0.15, 0.2) is 12.6 Å². The molecule has 1 N–H and O–H groups in total. The average Bonchev–Trinajstić information content (AvgIpc) is 3.38. The summed E-state index contributed by atoms with van der Waals surface area (Å²) < 4.78 is 7.37. The Kier molecular flexibility index (Phi) is 6.21. The number of ether oxygens (including phenoxy) is 1. The maximum absolute atomic E-state index is 12.3. The molecule has 8 nitrogen and oxygen atoms in total. The first-order chi connectivity index (χ1) is 14.6. The molecule has 2 aliphatic heterocycles. The van der Waals surface area contributed by atoms with Gasteiger partial charge in [-0.15, -0.1) is 0 Å². The van der Waals surface area contributed by atoms with E-state index < -0.39 is 0 Å². The number of nitrogens with one attached hydrogen (secondary N) is 1. The number of fused-ring (bicyclic) bond motifs is 1. The first kappa shape index (κ1) is 20.3. The number of nitrogens with zero attached hydrogens (tertiary/aromatic N) is 5. The van der Waals surface area contributed by atoms with Gasteiger partial charge in [0.05, 0.1) is 11.9 Å². The van der Waals surface area contributed by atoms with E-state index in [4.69, 9.17) is 4.74 Å². The Balaban J connectivity index is 1.24. The molecular weight excluding hydrogens is 380 g/mol. The number of carbonyl (C=O) groups is 1. The molecule has 0 radical (unpaired) electrons. The normalized spacial score (nSPS) is 19.1. The molecule has 3 heterocycles. The summed E-state index contributed by atoms with van der Waals surface area (Å²) in [5.74, 6) is 2.35. The van der Waals surface area contributed by atoms with Crippen LogP contribution >= 0.6 is 0 Å². The summed E-state index contributed by atoms with van der Waals surface area (Å²) in [5.41, 5.74) is 2.15. The quantitative estimate of drug-likeness (QED) is 0.446. The van der Waals surface area contributed by atoms with Crippen molar-refractivity contribution in [3.8, 4) is 5.75 Å². The minimum Gasteiger partial charge on any atom is -0.482 e. The molecule has 4 rings (SSSR count). The zero-order chi connectivity index (χ0) is 20.9. The third-order valence-corrected chi connectivity index (χ3v) is 5.73. The van der Waals surface area contributed by atoms with Gasteiger partial charge in [-0.3, -0.25) is 14.5 Å². The Labute approximate surface area is 177 Å². The number of guanidine groups is 1. The predicted molar refractivity (Wildman–Crippen MR) is 117 cm³/mol. The number of aliphatic imine (C=N–C) groups is 1. The van der Waals surface area contributed by atoms with Crippen LogP contribution in [0.2, 0.25) is 0 Å². The number of hydrogen-bond donors (Lipinski definition) is 1. The van der Waals surface area contributed by atoms with Gasteiger partial charge in [0.2, 0.25) is 0 Å². The van der Waals surface area contributed by atoms with Crippen LogP contribution in [0.15, 0.2) is 41.7 Å². The van der Waals surface area contributed by atoms with Crippen LogP contribution in [0.1, 0.15) is 18.4 Å². The van der Waals surface area contributed by atoms with Crippen LogP contribution < -0.4 is 15.0 Å². The maximum Gasteiger partial charge on any atom is 0.265 e. The first-order valence-electron chi connectivity index (χ1n) is 10.6. The van der Waals surface area contributed by atoms with Crippen molar-refractivity contribution in [2.75, 3.05) is 44.7 Å². The third-order valence-electron chi connectivity index (χ3n) is 5.73. The second kappa shape index (κ2) is 9.19. The van der Waals surface area contributed by atoms with Crippen molar-refractivity contribution >= 4 is 17.6 Å². The van der Waals surface area contributed by atoms with E-state index in [2.05, 4.69) is 26.5 Å². The van der Waals surface area contributed by atoms with Gasteiger partial charge in [-0.25, -0.2) is 0 Å². The molecule has 1 aromatic heterocycles. The van der Waals surface area contributed by atoms with Gasteiger partial charge in [-0.2, -0.15) is 5.10 Å². The number of anilines is 1. The van der Waals surface area contributed by atoms with E-state index in [1.165, 1.54) is 5.56 Å². The summed E-state index contributed by atoms with van der Waals surface area (Å²) in [6.07, 6.45) is 7.11. The van der Waals surface area contributed by atoms with Gasteiger partial charge in [-0.05, 0) is 42.9 Å². The Hall–Kier alpha value is -3.03. The van der Waals surface area contributed by atoms with E-state index in [0.29, 0.717) is 12.5 Å². The van der Waals surface area contributed by atoms with E-state index >= 15 is 0 Å². The lowest BCUT2D eigenvalue weighted by Crippen LogP contribution is -2.43. The van der Waals surface area contributed by atoms with Crippen LogP contribution in [0.4, 0.5) is 5.69 Å². The van der Waals surface area contributed by atoms with Crippen molar-refractivity contribution in [3.63, 3.8) is 0 Å². The maximum atomic E-state index is 12.3. The smallest absolute Gasteiger partial charge is 0.265 e. The second-order valence-corrected chi connectivity index (χ2v) is 7.96. The van der Waals surface area contributed by atoms with Crippen LogP contribution in [-0.2, 0) is 18.3 Å². The van der Waals surface area contributed by atoms with E-state index in [-0.39, 0.29) is 12.5 Å². The zero-order valence-corrected chi connectivity index (χ0v) is 17.8. The van der Waals surface area contributed by atoms with Crippen molar-refractivity contribution in [1.82, 2.24) is 20.0 Å². The van der Waals surface area contributed by atoms with Crippen LogP contribution in [0, 0.1) is 5.92 Å². The van der Waals surface area contributed by atoms with E-state index in [1.807, 2.05) is 54.1 Å². The van der Waals surface area contributed by atoms with Crippen LogP contribution in [-0.4, -0.2) is 66.4 Å². The standard InChI is InChI=1S/C22H30N6O2/c1-23-22(27-11-8-17(15-27)12-18-13-25-26(2)14-18)24-9-5-10-28-19-6-3-4-7-20(19)30-16-21(28)29/h3-4,6-7,13-14,17H,5,8-12,15-16H2,1-2H3,(H,23,24). The molecule has 1 unspecified atom stereocenters. The Morgan fingerprint density at radius 2 is 2.23 bits per heavy atom. The molecule has 0 bridgehead atoms. The highest BCUT2D eigenvalue weighted by atomic mass is 16.5. The lowest BCUT2D eigenvalue weighted by atomic mass is 10.0. The van der Waals surface area contributed by atoms with Crippen LogP contribution in [0.25, 0.3) is 0 Å². The fourth-order valence-electron chi connectivity index (χ4n) is 4.27. The molecule has 0 spiro atoms. The Morgan fingerprint density at radius 3 is 3.03 bits per heavy atom. The number of aromatic nitrogens is 2. The number of likely N-dealkylation sites (tertiary alicyclic amines) is 1. The molecule has 1 saturated heterocycles. The molecule has 1 fully saturated rings. The molecular formula is C22H30N6O2. The van der Waals surface area contributed by atoms with Crippen molar-refractivity contribution in [2.45, 2.75) is 19.3 Å². The number of aryl methyl sites for hydroxylation is 1. The minimum absolute atomic E-state index is 0.0101. The van der Waals surface area contributed by atoms with E-state index in [1.54, 1.807) is 0 Å². The molecule has 1 atom stereocenters. The molecule has 0 aliphatic carbocycles. The highest BCUT2D eigenvalue weighted by Gasteiger charge is 2.26. The van der Waals surface area contributed by atoms with Crippen molar-refractivity contribution in [3.05, 3.63) is 42.2 Å². The molecule has 2 aromatic rings. The predicted octanol–water partition coefficient (Wildman–Crippen LogP) is 1.68.